The van der Waals surface area contributed by atoms with E-state index in [1.807, 2.05) is 12.2 Å². The summed E-state index contributed by atoms with van der Waals surface area (Å²) in [6, 6.07) is -0.708. The van der Waals surface area contributed by atoms with Gasteiger partial charge in [0.15, 0.2) is 0 Å². The number of unbranched alkanes of at least 4 members (excludes halogenated alkanes) is 28. The van der Waals surface area contributed by atoms with Gasteiger partial charge in [0.25, 0.3) is 0 Å². The summed E-state index contributed by atoms with van der Waals surface area (Å²) in [5, 5.41) is 23.7. The normalized spacial score (nSPS) is 13.6. The van der Waals surface area contributed by atoms with Crippen molar-refractivity contribution in [3.8, 4) is 0 Å². The maximum absolute atomic E-state index is 13.1. The first-order chi connectivity index (χ1) is 28.0. The number of amides is 1. The predicted molar refractivity (Wildman–Crippen MR) is 246 cm³/mol. The van der Waals surface area contributed by atoms with Gasteiger partial charge >= 0.3 is 5.97 Å². The third-order valence-corrected chi connectivity index (χ3v) is 11.3. The summed E-state index contributed by atoms with van der Waals surface area (Å²) in [5.41, 5.74) is 0. The molecule has 0 aromatic heterocycles. The lowest BCUT2D eigenvalue weighted by Crippen LogP contribution is -2.46. The van der Waals surface area contributed by atoms with E-state index in [2.05, 4.69) is 50.4 Å². The standard InChI is InChI=1S/C51H95NO5/c1-4-7-10-13-16-19-22-24-25-26-29-32-35-38-41-44-51(56)57-47(42-39-36-33-30-27-21-18-15-12-9-6-3)45-50(55)52-48(46-53)49(54)43-40-37-34-31-28-23-20-17-14-11-8-5-2/h9,12,15,18,21,27,47-49,53-54H,4-8,10-11,13-14,16-17,19-20,22-26,28-46H2,1-3H3,(H,52,55)/b12-9+,18-15+,27-21-. The zero-order chi connectivity index (χ0) is 41.7. The Bertz CT molecular complexity index is 946. The van der Waals surface area contributed by atoms with Crippen molar-refractivity contribution in [1.82, 2.24) is 5.32 Å². The van der Waals surface area contributed by atoms with Gasteiger partial charge in [-0.3, -0.25) is 9.59 Å². The number of hydrogen-bond donors (Lipinski definition) is 3. The summed E-state index contributed by atoms with van der Waals surface area (Å²) >= 11 is 0. The summed E-state index contributed by atoms with van der Waals surface area (Å²) in [5.74, 6) is -0.500. The van der Waals surface area contributed by atoms with Gasteiger partial charge in [0.1, 0.15) is 6.10 Å². The van der Waals surface area contributed by atoms with E-state index in [4.69, 9.17) is 4.74 Å². The zero-order valence-corrected chi connectivity index (χ0v) is 38.0. The van der Waals surface area contributed by atoms with Gasteiger partial charge in [-0.25, -0.2) is 0 Å². The molecule has 3 unspecified atom stereocenters. The Hall–Kier alpha value is -1.92. The maximum Gasteiger partial charge on any atom is 0.306 e. The van der Waals surface area contributed by atoms with E-state index >= 15 is 0 Å². The van der Waals surface area contributed by atoms with E-state index in [0.717, 1.165) is 70.6 Å². The third kappa shape index (κ3) is 40.6. The Labute approximate surface area is 353 Å². The van der Waals surface area contributed by atoms with E-state index < -0.39 is 18.2 Å². The number of carbonyl (C=O) groups is 2. The molecule has 0 aliphatic rings. The largest absolute Gasteiger partial charge is 0.462 e. The van der Waals surface area contributed by atoms with Crippen molar-refractivity contribution < 1.29 is 24.5 Å². The fraction of sp³-hybridized carbons (Fsp3) is 0.843. The van der Waals surface area contributed by atoms with Crippen molar-refractivity contribution in [2.24, 2.45) is 0 Å². The summed E-state index contributed by atoms with van der Waals surface area (Å²) in [4.78, 5) is 26.0. The summed E-state index contributed by atoms with van der Waals surface area (Å²) in [6.07, 6.45) is 52.1. The number of esters is 1. The van der Waals surface area contributed by atoms with Gasteiger partial charge < -0.3 is 20.3 Å². The van der Waals surface area contributed by atoms with Crippen LogP contribution in [0.5, 0.6) is 0 Å². The molecule has 0 heterocycles. The molecule has 0 radical (unpaired) electrons. The maximum atomic E-state index is 13.1. The Kier molecular flexibility index (Phi) is 43.6. The molecule has 0 aliphatic carbocycles. The molecule has 3 atom stereocenters. The van der Waals surface area contributed by atoms with Crippen molar-refractivity contribution in [3.63, 3.8) is 0 Å². The minimum absolute atomic E-state index is 0.0579. The molecule has 0 aliphatic heterocycles. The van der Waals surface area contributed by atoms with Gasteiger partial charge in [-0.15, -0.1) is 0 Å². The first-order valence-corrected chi connectivity index (χ1v) is 24.7. The highest BCUT2D eigenvalue weighted by molar-refractivity contribution is 5.77. The minimum Gasteiger partial charge on any atom is -0.462 e. The Balaban J connectivity index is 4.55. The second kappa shape index (κ2) is 45.2. The number of hydrogen-bond acceptors (Lipinski definition) is 5. The van der Waals surface area contributed by atoms with Crippen LogP contribution in [0, 0.1) is 0 Å². The Morgan fingerprint density at radius 1 is 0.526 bits per heavy atom. The summed E-state index contributed by atoms with van der Waals surface area (Å²) in [6.45, 7) is 6.34. The number of carbonyl (C=O) groups excluding carboxylic acids is 2. The smallest absolute Gasteiger partial charge is 0.306 e. The number of aliphatic hydroxyl groups excluding tert-OH is 2. The molecule has 1 amide bonds. The molecule has 57 heavy (non-hydrogen) atoms. The molecule has 6 nitrogen and oxygen atoms in total. The number of ether oxygens (including phenoxy) is 1. The number of rotatable bonds is 44. The van der Waals surface area contributed by atoms with Crippen LogP contribution in [0.1, 0.15) is 252 Å². The molecule has 0 saturated carbocycles. The minimum atomic E-state index is -0.793. The van der Waals surface area contributed by atoms with Crippen LogP contribution in [0.3, 0.4) is 0 Å². The molecule has 0 aromatic rings. The molecule has 0 bridgehead atoms. The molecule has 0 saturated heterocycles. The molecule has 6 heteroatoms. The van der Waals surface area contributed by atoms with Crippen LogP contribution in [-0.2, 0) is 14.3 Å². The van der Waals surface area contributed by atoms with Crippen molar-refractivity contribution in [2.45, 2.75) is 270 Å². The molecule has 0 spiro atoms. The second-order valence-electron chi connectivity index (χ2n) is 16.9. The average Bonchev–Trinajstić information content (AvgIpc) is 3.20. The van der Waals surface area contributed by atoms with Crippen LogP contribution in [0.2, 0.25) is 0 Å². The van der Waals surface area contributed by atoms with Gasteiger partial charge in [0, 0.05) is 6.42 Å². The highest BCUT2D eigenvalue weighted by Crippen LogP contribution is 2.18. The quantitative estimate of drug-likeness (QED) is 0.0324. The molecule has 0 aromatic carbocycles. The van der Waals surface area contributed by atoms with Gasteiger partial charge in [-0.2, -0.15) is 0 Å². The van der Waals surface area contributed by atoms with E-state index in [0.29, 0.717) is 19.3 Å². The zero-order valence-electron chi connectivity index (χ0n) is 38.0. The van der Waals surface area contributed by atoms with Crippen LogP contribution in [0.25, 0.3) is 0 Å². The SMILES string of the molecule is CC/C=C/C=C/C=C\CCCCCC(CC(=O)NC(CO)C(O)CCCCCCCCCCCCCC)OC(=O)CCCCCCCCCCCCCCCCC. The van der Waals surface area contributed by atoms with Crippen molar-refractivity contribution >= 4 is 11.9 Å². The Morgan fingerprint density at radius 2 is 0.947 bits per heavy atom. The van der Waals surface area contributed by atoms with Crippen molar-refractivity contribution in [2.75, 3.05) is 6.61 Å². The molecule has 3 N–H and O–H groups in total. The lowest BCUT2D eigenvalue weighted by Gasteiger charge is -2.24. The first kappa shape index (κ1) is 55.1. The molecule has 0 rings (SSSR count). The Morgan fingerprint density at radius 3 is 1.42 bits per heavy atom. The van der Waals surface area contributed by atoms with Crippen LogP contribution >= 0.6 is 0 Å². The third-order valence-electron chi connectivity index (χ3n) is 11.3. The van der Waals surface area contributed by atoms with Crippen LogP contribution in [-0.4, -0.2) is 46.9 Å². The van der Waals surface area contributed by atoms with E-state index in [9.17, 15) is 19.8 Å². The molecule has 334 valence electrons. The summed E-state index contributed by atoms with van der Waals surface area (Å²) in [7, 11) is 0. The van der Waals surface area contributed by atoms with E-state index in [-0.39, 0.29) is 24.9 Å². The number of allylic oxidation sites excluding steroid dienone is 6. The molecular weight excluding hydrogens is 707 g/mol. The van der Waals surface area contributed by atoms with Gasteiger partial charge in [-0.05, 0) is 44.9 Å². The van der Waals surface area contributed by atoms with Gasteiger partial charge in [0.2, 0.25) is 5.91 Å². The first-order valence-electron chi connectivity index (χ1n) is 24.7. The van der Waals surface area contributed by atoms with Crippen LogP contribution < -0.4 is 5.32 Å². The number of aliphatic hydroxyl groups is 2. The van der Waals surface area contributed by atoms with E-state index in [1.54, 1.807) is 0 Å². The molecular formula is C51H95NO5. The van der Waals surface area contributed by atoms with Crippen molar-refractivity contribution in [3.05, 3.63) is 36.5 Å². The fourth-order valence-electron chi connectivity index (χ4n) is 7.55. The van der Waals surface area contributed by atoms with Crippen LogP contribution in [0.4, 0.5) is 0 Å². The molecule has 0 fully saturated rings. The lowest BCUT2D eigenvalue weighted by molar-refractivity contribution is -0.151. The van der Waals surface area contributed by atoms with Crippen molar-refractivity contribution in [1.29, 1.82) is 0 Å². The second-order valence-corrected chi connectivity index (χ2v) is 16.9. The average molecular weight is 802 g/mol. The van der Waals surface area contributed by atoms with E-state index in [1.165, 1.54) is 135 Å². The van der Waals surface area contributed by atoms with Gasteiger partial charge in [-0.1, -0.05) is 231 Å². The fourth-order valence-corrected chi connectivity index (χ4v) is 7.55. The van der Waals surface area contributed by atoms with Crippen LogP contribution in [0.15, 0.2) is 36.5 Å². The monoisotopic (exact) mass is 802 g/mol. The summed E-state index contributed by atoms with van der Waals surface area (Å²) < 4.78 is 5.90. The lowest BCUT2D eigenvalue weighted by atomic mass is 10.0. The topological polar surface area (TPSA) is 95.9 Å². The van der Waals surface area contributed by atoms with Gasteiger partial charge in [0.05, 0.1) is 25.2 Å². The highest BCUT2D eigenvalue weighted by Gasteiger charge is 2.24. The predicted octanol–water partition coefficient (Wildman–Crippen LogP) is 14.5. The highest BCUT2D eigenvalue weighted by atomic mass is 16.5. The number of nitrogens with one attached hydrogen (secondary N) is 1.